The van der Waals surface area contributed by atoms with Gasteiger partial charge < -0.3 is 5.11 Å². The molecule has 0 saturated carbocycles. The van der Waals surface area contributed by atoms with Crippen LogP contribution in [0.2, 0.25) is 0 Å². The topological polar surface area (TPSA) is 20.2 Å². The van der Waals surface area contributed by atoms with Gasteiger partial charge in [-0.1, -0.05) is 6.92 Å². The van der Waals surface area contributed by atoms with E-state index in [1.165, 1.54) is 0 Å². The second-order valence-corrected chi connectivity index (χ2v) is 0.724. The van der Waals surface area contributed by atoms with Crippen LogP contribution in [0, 0.1) is 38.2 Å². The second kappa shape index (κ2) is 8.97. The fourth-order valence-electron chi connectivity index (χ4n) is 0. The molecule has 0 aliphatic heterocycles. The maximum absolute atomic E-state index is 7.88. The molecule has 0 spiro atoms. The third-order valence-corrected chi connectivity index (χ3v) is 0.224. The largest absolute Gasteiger partial charge is 0.396 e. The summed E-state index contributed by atoms with van der Waals surface area (Å²) in [6.45, 7) is 2.25. The molecule has 0 rings (SSSR count). The van der Waals surface area contributed by atoms with Crippen molar-refractivity contribution in [3.05, 3.63) is 0 Å². The van der Waals surface area contributed by atoms with E-state index < -0.39 is 0 Å². The van der Waals surface area contributed by atoms with Crippen molar-refractivity contribution in [3.8, 4) is 0 Å². The van der Waals surface area contributed by atoms with Crippen LogP contribution in [0.15, 0.2) is 0 Å². The molecule has 0 atom stereocenters. The van der Waals surface area contributed by atoms with Gasteiger partial charge in [-0.2, -0.15) is 0 Å². The molecule has 36 valence electrons. The zero-order valence-corrected chi connectivity index (χ0v) is 5.21. The number of hydrogen-bond acceptors (Lipinski definition) is 1. The Bertz CT molecular complexity index is 8.85. The Hall–Kier alpha value is 1.23. The maximum Gasteiger partial charge on any atom is 0.0428 e. The SMILES string of the molecule is CCCO.[Dy]. The number of hydrogen-bond donors (Lipinski definition) is 1. The Morgan fingerprint density at radius 3 is 1.80 bits per heavy atom. The summed E-state index contributed by atoms with van der Waals surface area (Å²) < 4.78 is 0. The van der Waals surface area contributed by atoms with E-state index in [1.54, 1.807) is 0 Å². The third-order valence-electron chi connectivity index (χ3n) is 0.224. The van der Waals surface area contributed by atoms with Gasteiger partial charge in [0, 0.05) is 44.8 Å². The van der Waals surface area contributed by atoms with E-state index in [1.807, 2.05) is 6.92 Å². The Kier molecular flexibility index (Phi) is 17.1. The molecule has 0 aromatic heterocycles. The molecule has 5 heavy (non-hydrogen) atoms. The van der Waals surface area contributed by atoms with Gasteiger partial charge in [-0.25, -0.2) is 0 Å². The van der Waals surface area contributed by atoms with Crippen LogP contribution >= 0.6 is 0 Å². The Labute approximate surface area is 62.8 Å². The molecule has 1 N–H and O–H groups in total. The summed E-state index contributed by atoms with van der Waals surface area (Å²) in [7, 11) is 0. The molecule has 0 saturated heterocycles. The van der Waals surface area contributed by atoms with Crippen LogP contribution in [0.25, 0.3) is 0 Å². The Balaban J connectivity index is 0. The average Bonchev–Trinajstić information content (AvgIpc) is 1.37. The van der Waals surface area contributed by atoms with Gasteiger partial charge in [0.25, 0.3) is 0 Å². The van der Waals surface area contributed by atoms with Gasteiger partial charge in [-0.05, 0) is 6.42 Å². The van der Waals surface area contributed by atoms with Crippen molar-refractivity contribution in [2.75, 3.05) is 6.61 Å². The summed E-state index contributed by atoms with van der Waals surface area (Å²) in [5, 5.41) is 7.88. The van der Waals surface area contributed by atoms with E-state index in [2.05, 4.69) is 0 Å². The van der Waals surface area contributed by atoms with Crippen LogP contribution in [-0.4, -0.2) is 11.7 Å². The third kappa shape index (κ3) is 11.0. The first-order valence-electron chi connectivity index (χ1n) is 1.52. The second-order valence-electron chi connectivity index (χ2n) is 0.724. The molecule has 0 aromatic carbocycles. The minimum Gasteiger partial charge on any atom is -0.396 e. The summed E-state index contributed by atoms with van der Waals surface area (Å²) >= 11 is 0. The molecule has 0 radical (unpaired) electrons. The predicted molar refractivity (Wildman–Crippen MR) is 17.4 cm³/mol. The molecule has 0 aliphatic carbocycles. The zero-order valence-electron chi connectivity index (χ0n) is 3.18. The molecule has 0 heterocycles. The van der Waals surface area contributed by atoms with Gasteiger partial charge in [0.2, 0.25) is 0 Å². The van der Waals surface area contributed by atoms with Crippen molar-refractivity contribution in [1.82, 2.24) is 0 Å². The van der Waals surface area contributed by atoms with E-state index in [4.69, 9.17) is 5.11 Å². The van der Waals surface area contributed by atoms with Crippen LogP contribution in [0.1, 0.15) is 13.3 Å². The molecule has 0 aromatic rings. The van der Waals surface area contributed by atoms with Gasteiger partial charge in [0.1, 0.15) is 0 Å². The first kappa shape index (κ1) is 9.53. The predicted octanol–water partition coefficient (Wildman–Crippen LogP) is 0.389. The van der Waals surface area contributed by atoms with E-state index in [0.717, 1.165) is 6.42 Å². The van der Waals surface area contributed by atoms with Crippen molar-refractivity contribution in [1.29, 1.82) is 0 Å². The summed E-state index contributed by atoms with van der Waals surface area (Å²) in [5.74, 6) is 0. The van der Waals surface area contributed by atoms with Crippen LogP contribution in [0.3, 0.4) is 0 Å². The van der Waals surface area contributed by atoms with Crippen molar-refractivity contribution >= 4 is 0 Å². The fourth-order valence-corrected chi connectivity index (χ4v) is 0. The van der Waals surface area contributed by atoms with Gasteiger partial charge in [-0.3, -0.25) is 0 Å². The smallest absolute Gasteiger partial charge is 0.0428 e. The van der Waals surface area contributed by atoms with E-state index in [0.29, 0.717) is 6.61 Å². The number of aliphatic hydroxyl groups excluding tert-OH is 1. The summed E-state index contributed by atoms with van der Waals surface area (Å²) in [4.78, 5) is 0. The number of rotatable bonds is 1. The van der Waals surface area contributed by atoms with Crippen LogP contribution in [-0.2, 0) is 0 Å². The normalized spacial score (nSPS) is 6.00. The minimum absolute atomic E-state index is 0. The summed E-state index contributed by atoms with van der Waals surface area (Å²) in [5.41, 5.74) is 0. The van der Waals surface area contributed by atoms with E-state index >= 15 is 0 Å². The zero-order chi connectivity index (χ0) is 3.41. The molecule has 2 heteroatoms. The van der Waals surface area contributed by atoms with Crippen molar-refractivity contribution in [2.45, 2.75) is 13.3 Å². The maximum atomic E-state index is 7.88. The molecule has 0 amide bonds. The quantitative estimate of drug-likeness (QED) is 0.681. The average molecular weight is 223 g/mol. The molecule has 0 fully saturated rings. The van der Waals surface area contributed by atoms with Crippen LogP contribution in [0.5, 0.6) is 0 Å². The van der Waals surface area contributed by atoms with Gasteiger partial charge in [0.15, 0.2) is 0 Å². The molecule has 1 nitrogen and oxygen atoms in total. The van der Waals surface area contributed by atoms with Crippen LogP contribution in [0.4, 0.5) is 0 Å². The first-order valence-corrected chi connectivity index (χ1v) is 1.52. The van der Waals surface area contributed by atoms with Gasteiger partial charge >= 0.3 is 0 Å². The first-order chi connectivity index (χ1) is 1.91. The summed E-state index contributed by atoms with van der Waals surface area (Å²) in [6, 6.07) is 0. The molecule has 0 aliphatic rings. The fraction of sp³-hybridized carbons (Fsp3) is 1.00. The molecular formula is C3H8DyO. The standard InChI is InChI=1S/C3H8O.Dy/c1-2-3-4;/h4H,2-3H2,1H3;. The van der Waals surface area contributed by atoms with Gasteiger partial charge in [0.05, 0.1) is 0 Å². The van der Waals surface area contributed by atoms with Gasteiger partial charge in [-0.15, -0.1) is 0 Å². The van der Waals surface area contributed by atoms with E-state index in [-0.39, 0.29) is 38.2 Å². The van der Waals surface area contributed by atoms with Crippen LogP contribution < -0.4 is 0 Å². The molecular weight excluding hydrogens is 215 g/mol. The van der Waals surface area contributed by atoms with Crippen molar-refractivity contribution < 1.29 is 43.3 Å². The van der Waals surface area contributed by atoms with E-state index in [9.17, 15) is 0 Å². The van der Waals surface area contributed by atoms with Crippen molar-refractivity contribution in [3.63, 3.8) is 0 Å². The summed E-state index contributed by atoms with van der Waals surface area (Å²) in [6.07, 6.45) is 0.875. The Morgan fingerprint density at radius 2 is 1.80 bits per heavy atom. The van der Waals surface area contributed by atoms with Crippen molar-refractivity contribution in [2.24, 2.45) is 0 Å². The minimum atomic E-state index is 0. The number of aliphatic hydroxyl groups is 1. The molecule has 0 unspecified atom stereocenters. The molecule has 0 bridgehead atoms. The monoisotopic (exact) mass is 224 g/mol. The Morgan fingerprint density at radius 1 is 1.60 bits per heavy atom.